The lowest BCUT2D eigenvalue weighted by atomic mass is 10.0. The summed E-state index contributed by atoms with van der Waals surface area (Å²) in [5, 5.41) is 0. The van der Waals surface area contributed by atoms with Crippen molar-refractivity contribution in [2.75, 3.05) is 26.2 Å². The summed E-state index contributed by atoms with van der Waals surface area (Å²) in [6.07, 6.45) is 1.96. The summed E-state index contributed by atoms with van der Waals surface area (Å²) >= 11 is 0. The van der Waals surface area contributed by atoms with Gasteiger partial charge in [0.1, 0.15) is 6.04 Å². The predicted molar refractivity (Wildman–Crippen MR) is 179 cm³/mol. The van der Waals surface area contributed by atoms with Crippen LogP contribution in [0.3, 0.4) is 0 Å². The first-order valence-corrected chi connectivity index (χ1v) is 15.9. The second-order valence-corrected chi connectivity index (χ2v) is 11.1. The van der Waals surface area contributed by atoms with Crippen molar-refractivity contribution in [3.8, 4) is 0 Å². The first-order chi connectivity index (χ1) is 22.8. The molecule has 1 aliphatic heterocycles. The molecule has 1 aromatic heterocycles. The maximum absolute atomic E-state index is 14.3. The number of carbonyl (C=O) groups excluding carboxylic acids is 2. The summed E-state index contributed by atoms with van der Waals surface area (Å²) in [6.45, 7) is 7.44. The fourth-order valence-corrected chi connectivity index (χ4v) is 5.42. The van der Waals surface area contributed by atoms with E-state index in [0.717, 1.165) is 29.8 Å². The van der Waals surface area contributed by atoms with Gasteiger partial charge >= 0.3 is 6.18 Å². The van der Waals surface area contributed by atoms with E-state index < -0.39 is 23.7 Å². The molecule has 1 unspecified atom stereocenters. The minimum absolute atomic E-state index is 0.140. The van der Waals surface area contributed by atoms with E-state index in [1.807, 2.05) is 73.3 Å². The molecule has 5 rings (SSSR count). The zero-order valence-electron chi connectivity index (χ0n) is 26.8. The number of hydrogen-bond donors (Lipinski definition) is 0. The normalized spacial score (nSPS) is 14.3. The average molecular weight is 643 g/mol. The molecule has 3 aromatic carbocycles. The van der Waals surface area contributed by atoms with Gasteiger partial charge in [0.2, 0.25) is 11.8 Å². The smallest absolute Gasteiger partial charge is 0.338 e. The Balaban J connectivity index is 0.00000245. The molecule has 246 valence electrons. The molecule has 1 aliphatic rings. The van der Waals surface area contributed by atoms with E-state index in [9.17, 15) is 22.8 Å². The van der Waals surface area contributed by atoms with Crippen LogP contribution in [0.2, 0.25) is 0 Å². The predicted octanol–water partition coefficient (Wildman–Crippen LogP) is 7.12. The van der Waals surface area contributed by atoms with Crippen LogP contribution in [0.4, 0.5) is 13.2 Å². The highest BCUT2D eigenvalue weighted by Gasteiger charge is 2.34. The molecule has 2 heterocycles. The van der Waals surface area contributed by atoms with Crippen LogP contribution in [0.5, 0.6) is 0 Å². The fraction of sp³-hybridized carbons (Fsp3) is 0.289. The zero-order chi connectivity index (χ0) is 33.6. The van der Waals surface area contributed by atoms with E-state index in [-0.39, 0.29) is 12.5 Å². The van der Waals surface area contributed by atoms with Gasteiger partial charge < -0.3 is 9.80 Å². The maximum Gasteiger partial charge on any atom is 0.416 e. The molecule has 6 nitrogen and oxygen atoms in total. The second-order valence-electron chi connectivity index (χ2n) is 11.1. The van der Waals surface area contributed by atoms with Crippen molar-refractivity contribution in [1.82, 2.24) is 19.7 Å². The SMILES string of the molecule is CC.O=C(C(Cc1ccccc1)N(Cc1cccnc1)C(=O)/C=C/c1ccc(C(F)(F)F)cc1)N1CCN(Cc2ccccc2)CC1. The van der Waals surface area contributed by atoms with Crippen LogP contribution in [0.1, 0.15) is 41.7 Å². The summed E-state index contributed by atoms with van der Waals surface area (Å²) in [7, 11) is 0. The lowest BCUT2D eigenvalue weighted by molar-refractivity contribution is -0.145. The molecule has 0 spiro atoms. The average Bonchev–Trinajstić information content (AvgIpc) is 3.11. The Morgan fingerprint density at radius 3 is 1.98 bits per heavy atom. The van der Waals surface area contributed by atoms with Crippen LogP contribution in [0.25, 0.3) is 6.08 Å². The highest BCUT2D eigenvalue weighted by molar-refractivity contribution is 5.95. The van der Waals surface area contributed by atoms with Gasteiger partial charge in [0.25, 0.3) is 0 Å². The molecule has 1 atom stereocenters. The van der Waals surface area contributed by atoms with Crippen LogP contribution >= 0.6 is 0 Å². The first-order valence-electron chi connectivity index (χ1n) is 15.9. The van der Waals surface area contributed by atoms with E-state index in [2.05, 4.69) is 22.0 Å². The summed E-state index contributed by atoms with van der Waals surface area (Å²) in [5.74, 6) is -0.561. The van der Waals surface area contributed by atoms with Crippen molar-refractivity contribution in [1.29, 1.82) is 0 Å². The zero-order valence-corrected chi connectivity index (χ0v) is 26.8. The van der Waals surface area contributed by atoms with Crippen LogP contribution in [0, 0.1) is 0 Å². The summed E-state index contributed by atoms with van der Waals surface area (Å²) in [4.78, 5) is 38.0. The minimum Gasteiger partial charge on any atom is -0.338 e. The largest absolute Gasteiger partial charge is 0.416 e. The van der Waals surface area contributed by atoms with Crippen molar-refractivity contribution < 1.29 is 22.8 Å². The number of amides is 2. The highest BCUT2D eigenvalue weighted by atomic mass is 19.4. The Bertz CT molecular complexity index is 1560. The van der Waals surface area contributed by atoms with Crippen molar-refractivity contribution in [3.63, 3.8) is 0 Å². The highest BCUT2D eigenvalue weighted by Crippen LogP contribution is 2.29. The summed E-state index contributed by atoms with van der Waals surface area (Å²) in [6, 6.07) is 27.2. The van der Waals surface area contributed by atoms with Gasteiger partial charge in [-0.2, -0.15) is 13.2 Å². The molecule has 2 amide bonds. The van der Waals surface area contributed by atoms with Crippen LogP contribution in [-0.4, -0.2) is 63.7 Å². The summed E-state index contributed by atoms with van der Waals surface area (Å²) in [5.41, 5.74) is 2.56. The number of rotatable bonds is 10. The second kappa shape index (κ2) is 17.2. The van der Waals surface area contributed by atoms with E-state index in [0.29, 0.717) is 38.2 Å². The number of halogens is 3. The molecule has 9 heteroatoms. The van der Waals surface area contributed by atoms with Crippen molar-refractivity contribution in [2.45, 2.75) is 45.6 Å². The molecule has 47 heavy (non-hydrogen) atoms. The fourth-order valence-electron chi connectivity index (χ4n) is 5.42. The van der Waals surface area contributed by atoms with Gasteiger partial charge in [-0.05, 0) is 46.5 Å². The molecule has 1 fully saturated rings. The number of piperazine rings is 1. The maximum atomic E-state index is 14.3. The molecule has 0 N–H and O–H groups in total. The Kier molecular flexibility index (Phi) is 12.9. The molecular formula is C38H41F3N4O2. The van der Waals surface area contributed by atoms with E-state index in [1.165, 1.54) is 29.8 Å². The van der Waals surface area contributed by atoms with Crippen LogP contribution in [-0.2, 0) is 35.3 Å². The Labute approximate surface area is 275 Å². The van der Waals surface area contributed by atoms with E-state index in [4.69, 9.17) is 0 Å². The van der Waals surface area contributed by atoms with Gasteiger partial charge in [-0.25, -0.2) is 0 Å². The van der Waals surface area contributed by atoms with Crippen molar-refractivity contribution >= 4 is 17.9 Å². The Morgan fingerprint density at radius 2 is 1.40 bits per heavy atom. The summed E-state index contributed by atoms with van der Waals surface area (Å²) < 4.78 is 39.1. The third-order valence-electron chi connectivity index (χ3n) is 7.88. The number of hydrogen-bond acceptors (Lipinski definition) is 4. The van der Waals surface area contributed by atoms with Gasteiger partial charge in [-0.3, -0.25) is 19.5 Å². The van der Waals surface area contributed by atoms with Gasteiger partial charge in [-0.15, -0.1) is 0 Å². The van der Waals surface area contributed by atoms with Gasteiger partial charge in [0.05, 0.1) is 5.56 Å². The Hall–Kier alpha value is -4.76. The quantitative estimate of drug-likeness (QED) is 0.173. The monoisotopic (exact) mass is 642 g/mol. The molecule has 1 saturated heterocycles. The van der Waals surface area contributed by atoms with Gasteiger partial charge in [-0.1, -0.05) is 92.7 Å². The Morgan fingerprint density at radius 1 is 0.809 bits per heavy atom. The van der Waals surface area contributed by atoms with Gasteiger partial charge in [0, 0.05) is 64.2 Å². The van der Waals surface area contributed by atoms with E-state index in [1.54, 1.807) is 23.4 Å². The number of pyridine rings is 1. The molecule has 0 saturated carbocycles. The van der Waals surface area contributed by atoms with Crippen molar-refractivity contribution in [3.05, 3.63) is 143 Å². The topological polar surface area (TPSA) is 56.8 Å². The first kappa shape index (κ1) is 35.1. The van der Waals surface area contributed by atoms with Crippen LogP contribution < -0.4 is 0 Å². The number of carbonyl (C=O) groups is 2. The number of aromatic nitrogens is 1. The van der Waals surface area contributed by atoms with Crippen molar-refractivity contribution in [2.24, 2.45) is 0 Å². The molecule has 4 aromatic rings. The molecule has 0 aliphatic carbocycles. The van der Waals surface area contributed by atoms with Gasteiger partial charge in [0.15, 0.2) is 0 Å². The lowest BCUT2D eigenvalue weighted by Gasteiger charge is -2.39. The lowest BCUT2D eigenvalue weighted by Crippen LogP contribution is -2.56. The molecular weight excluding hydrogens is 601 g/mol. The standard InChI is InChI=1S/C36H35F3N4O2.C2H6/c37-36(38,39)32-16-13-28(14-17-32)15-18-34(44)43(27-31-12-7-19-40-25-31)33(24-29-8-3-1-4-9-29)35(45)42-22-20-41(21-23-42)26-30-10-5-2-6-11-30;1-2/h1-19,25,33H,20-24,26-27H2;1-2H3/b18-15+;. The number of nitrogens with zero attached hydrogens (tertiary/aromatic N) is 4. The van der Waals surface area contributed by atoms with E-state index >= 15 is 0 Å². The number of benzene rings is 3. The number of alkyl halides is 3. The molecule has 0 radical (unpaired) electrons. The third-order valence-corrected chi connectivity index (χ3v) is 7.88. The minimum atomic E-state index is -4.45. The molecule has 0 bridgehead atoms. The van der Waals surface area contributed by atoms with Crippen LogP contribution in [0.15, 0.2) is 116 Å². The third kappa shape index (κ3) is 10.4.